The van der Waals surface area contributed by atoms with Crippen molar-refractivity contribution < 1.29 is 28.0 Å². The third-order valence-corrected chi connectivity index (χ3v) is 4.88. The fourth-order valence-electron chi connectivity index (χ4n) is 2.48. The molecule has 0 unspecified atom stereocenters. The predicted molar refractivity (Wildman–Crippen MR) is 110 cm³/mol. The summed E-state index contributed by atoms with van der Waals surface area (Å²) >= 11 is 1.09. The molecule has 3 aromatic rings. The quantitative estimate of drug-likeness (QED) is 0.406. The second kappa shape index (κ2) is 9.30. The standard InChI is InChI=1S/C20H15F2N3O5S/c1-11(30-17-7-2-12(21)10-16(17)22)18(26)24-20-15(8-9-31-20)19(27)23-13-3-5-14(6-4-13)25(28)29/h2-11H,1H3,(H,23,27)(H,24,26)/t11-/m0/s1. The van der Waals surface area contributed by atoms with Crippen LogP contribution < -0.4 is 15.4 Å². The van der Waals surface area contributed by atoms with Crippen LogP contribution in [0.2, 0.25) is 0 Å². The van der Waals surface area contributed by atoms with E-state index in [-0.39, 0.29) is 22.0 Å². The number of carbonyl (C=O) groups excluding carboxylic acids is 2. The van der Waals surface area contributed by atoms with Crippen LogP contribution in [0.3, 0.4) is 0 Å². The van der Waals surface area contributed by atoms with Gasteiger partial charge in [-0.3, -0.25) is 19.7 Å². The Kier molecular flexibility index (Phi) is 6.55. The summed E-state index contributed by atoms with van der Waals surface area (Å²) in [7, 11) is 0. The lowest BCUT2D eigenvalue weighted by molar-refractivity contribution is -0.384. The number of hydrogen-bond acceptors (Lipinski definition) is 6. The highest BCUT2D eigenvalue weighted by atomic mass is 32.1. The molecule has 2 N–H and O–H groups in total. The fraction of sp³-hybridized carbons (Fsp3) is 0.100. The molecule has 3 rings (SSSR count). The molecule has 1 aromatic heterocycles. The number of ether oxygens (including phenoxy) is 1. The van der Waals surface area contributed by atoms with Crippen LogP contribution in [0, 0.1) is 21.7 Å². The average Bonchev–Trinajstić information content (AvgIpc) is 3.18. The first-order chi connectivity index (χ1) is 14.7. The van der Waals surface area contributed by atoms with E-state index in [0.29, 0.717) is 11.8 Å². The van der Waals surface area contributed by atoms with Crippen LogP contribution in [0.15, 0.2) is 53.9 Å². The molecule has 160 valence electrons. The highest BCUT2D eigenvalue weighted by molar-refractivity contribution is 7.14. The number of nitrogens with zero attached hydrogens (tertiary/aromatic N) is 1. The van der Waals surface area contributed by atoms with Crippen LogP contribution in [0.1, 0.15) is 17.3 Å². The van der Waals surface area contributed by atoms with Crippen molar-refractivity contribution in [2.45, 2.75) is 13.0 Å². The topological polar surface area (TPSA) is 111 Å². The van der Waals surface area contributed by atoms with Gasteiger partial charge in [0.2, 0.25) is 0 Å². The predicted octanol–water partition coefficient (Wildman–Crippen LogP) is 4.59. The van der Waals surface area contributed by atoms with Crippen molar-refractivity contribution in [2.24, 2.45) is 0 Å². The number of nitro benzene ring substituents is 1. The molecule has 8 nitrogen and oxygen atoms in total. The number of thiophene rings is 1. The zero-order valence-corrected chi connectivity index (χ0v) is 16.7. The highest BCUT2D eigenvalue weighted by Crippen LogP contribution is 2.26. The van der Waals surface area contributed by atoms with Crippen molar-refractivity contribution in [3.05, 3.63) is 81.2 Å². The number of nitrogens with one attached hydrogen (secondary N) is 2. The van der Waals surface area contributed by atoms with Crippen molar-refractivity contribution in [3.8, 4) is 5.75 Å². The zero-order valence-electron chi connectivity index (χ0n) is 15.9. The molecule has 0 saturated heterocycles. The maximum atomic E-state index is 13.7. The van der Waals surface area contributed by atoms with Gasteiger partial charge in [0.25, 0.3) is 17.5 Å². The molecule has 0 spiro atoms. The van der Waals surface area contributed by atoms with Crippen LogP contribution >= 0.6 is 11.3 Å². The van der Waals surface area contributed by atoms with Gasteiger partial charge in [0.1, 0.15) is 10.8 Å². The number of carbonyl (C=O) groups is 2. The third kappa shape index (κ3) is 5.39. The maximum Gasteiger partial charge on any atom is 0.269 e. The van der Waals surface area contributed by atoms with Crippen molar-refractivity contribution in [2.75, 3.05) is 10.6 Å². The summed E-state index contributed by atoms with van der Waals surface area (Å²) in [5, 5.41) is 17.7. The lowest BCUT2D eigenvalue weighted by atomic mass is 10.2. The van der Waals surface area contributed by atoms with E-state index in [1.165, 1.54) is 37.3 Å². The molecule has 0 saturated carbocycles. The summed E-state index contributed by atoms with van der Waals surface area (Å²) in [6.45, 7) is 1.38. The SMILES string of the molecule is C[C@H](Oc1ccc(F)cc1F)C(=O)Nc1sccc1C(=O)Nc1ccc([N+](=O)[O-])cc1. The molecule has 2 amide bonds. The minimum Gasteiger partial charge on any atom is -0.478 e. The van der Waals surface area contributed by atoms with Gasteiger partial charge in [0.05, 0.1) is 10.5 Å². The van der Waals surface area contributed by atoms with Crippen molar-refractivity contribution in [1.29, 1.82) is 0 Å². The van der Waals surface area contributed by atoms with Gasteiger partial charge in [-0.1, -0.05) is 0 Å². The summed E-state index contributed by atoms with van der Waals surface area (Å²) in [6.07, 6.45) is -1.13. The van der Waals surface area contributed by atoms with Gasteiger partial charge >= 0.3 is 0 Å². The number of amides is 2. The molecule has 0 aliphatic rings. The Bertz CT molecular complexity index is 1130. The molecular weight excluding hydrogens is 432 g/mol. The lowest BCUT2D eigenvalue weighted by Gasteiger charge is -2.15. The van der Waals surface area contributed by atoms with Crippen molar-refractivity contribution >= 4 is 39.5 Å². The summed E-state index contributed by atoms with van der Waals surface area (Å²) < 4.78 is 31.9. The highest BCUT2D eigenvalue weighted by Gasteiger charge is 2.21. The largest absolute Gasteiger partial charge is 0.478 e. The maximum absolute atomic E-state index is 13.7. The molecular formula is C20H15F2N3O5S. The molecule has 0 fully saturated rings. The first kappa shape index (κ1) is 21.8. The Hall–Kier alpha value is -3.86. The van der Waals surface area contributed by atoms with Gasteiger partial charge in [-0.05, 0) is 42.6 Å². The molecule has 1 heterocycles. The Morgan fingerprint density at radius 1 is 1.10 bits per heavy atom. The van der Waals surface area contributed by atoms with Gasteiger partial charge in [-0.25, -0.2) is 8.78 Å². The Labute approximate surface area is 178 Å². The minimum absolute atomic E-state index is 0.118. The third-order valence-electron chi connectivity index (χ3n) is 4.05. The number of benzene rings is 2. The van der Waals surface area contributed by atoms with Crippen LogP contribution in [0.5, 0.6) is 5.75 Å². The number of rotatable bonds is 7. The van der Waals surface area contributed by atoms with Gasteiger partial charge < -0.3 is 15.4 Å². The zero-order chi connectivity index (χ0) is 22.5. The molecule has 0 aliphatic carbocycles. The number of non-ortho nitro benzene ring substituents is 1. The monoisotopic (exact) mass is 447 g/mol. The van der Waals surface area contributed by atoms with Crippen LogP contribution in [0.25, 0.3) is 0 Å². The smallest absolute Gasteiger partial charge is 0.269 e. The average molecular weight is 447 g/mol. The summed E-state index contributed by atoms with van der Waals surface area (Å²) in [4.78, 5) is 35.1. The molecule has 1 atom stereocenters. The van der Waals surface area contributed by atoms with E-state index in [4.69, 9.17) is 4.74 Å². The Morgan fingerprint density at radius 3 is 2.45 bits per heavy atom. The van der Waals surface area contributed by atoms with E-state index < -0.39 is 34.5 Å². The Morgan fingerprint density at radius 2 is 1.81 bits per heavy atom. The van der Waals surface area contributed by atoms with Crippen LogP contribution in [0.4, 0.5) is 25.2 Å². The van der Waals surface area contributed by atoms with Crippen molar-refractivity contribution in [3.63, 3.8) is 0 Å². The Balaban J connectivity index is 1.65. The van der Waals surface area contributed by atoms with Gasteiger partial charge in [0, 0.05) is 23.9 Å². The number of halogens is 2. The summed E-state index contributed by atoms with van der Waals surface area (Å²) in [6, 6.07) is 9.47. The van der Waals surface area contributed by atoms with E-state index >= 15 is 0 Å². The first-order valence-corrected chi connectivity index (χ1v) is 9.68. The van der Waals surface area contributed by atoms with Crippen LogP contribution in [-0.4, -0.2) is 22.8 Å². The van der Waals surface area contributed by atoms with Gasteiger partial charge in [0.15, 0.2) is 17.7 Å². The number of hydrogen-bond donors (Lipinski definition) is 2. The van der Waals surface area contributed by atoms with E-state index in [0.717, 1.165) is 23.5 Å². The van der Waals surface area contributed by atoms with Crippen molar-refractivity contribution in [1.82, 2.24) is 0 Å². The summed E-state index contributed by atoms with van der Waals surface area (Å²) in [5.41, 5.74) is 0.382. The molecule has 0 aliphatic heterocycles. The van der Waals surface area contributed by atoms with Crippen LogP contribution in [-0.2, 0) is 4.79 Å². The number of nitro groups is 1. The molecule has 11 heteroatoms. The van der Waals surface area contributed by atoms with E-state index in [2.05, 4.69) is 10.6 Å². The van der Waals surface area contributed by atoms with Gasteiger partial charge in [-0.2, -0.15) is 0 Å². The van der Waals surface area contributed by atoms with E-state index in [1.807, 2.05) is 0 Å². The first-order valence-electron chi connectivity index (χ1n) is 8.80. The second-order valence-corrected chi connectivity index (χ2v) is 7.16. The van der Waals surface area contributed by atoms with Gasteiger partial charge in [-0.15, -0.1) is 11.3 Å². The van der Waals surface area contributed by atoms with E-state index in [1.54, 1.807) is 5.38 Å². The normalized spacial score (nSPS) is 11.5. The second-order valence-electron chi connectivity index (χ2n) is 6.25. The molecule has 0 radical (unpaired) electrons. The minimum atomic E-state index is -1.13. The lowest BCUT2D eigenvalue weighted by Crippen LogP contribution is -2.30. The molecule has 31 heavy (non-hydrogen) atoms. The molecule has 2 aromatic carbocycles. The van der Waals surface area contributed by atoms with E-state index in [9.17, 15) is 28.5 Å². The molecule has 0 bridgehead atoms. The fourth-order valence-corrected chi connectivity index (χ4v) is 3.27. The number of anilines is 2. The summed E-state index contributed by atoms with van der Waals surface area (Å²) in [5.74, 6) is -3.19.